The molecule has 2 aromatic rings. The van der Waals surface area contributed by atoms with E-state index in [1.165, 1.54) is 6.07 Å². The van der Waals surface area contributed by atoms with Crippen LogP contribution >= 0.6 is 11.6 Å². The Hall–Kier alpha value is -1.87. The van der Waals surface area contributed by atoms with Crippen LogP contribution in [0.25, 0.3) is 0 Å². The summed E-state index contributed by atoms with van der Waals surface area (Å²) in [7, 11) is 0. The van der Waals surface area contributed by atoms with Gasteiger partial charge in [0.25, 0.3) is 0 Å². The van der Waals surface area contributed by atoms with Gasteiger partial charge in [0.2, 0.25) is 0 Å². The van der Waals surface area contributed by atoms with E-state index in [0.717, 1.165) is 12.0 Å². The van der Waals surface area contributed by atoms with E-state index in [1.54, 1.807) is 19.1 Å². The number of hydrogen-bond acceptors (Lipinski definition) is 2. The van der Waals surface area contributed by atoms with Crippen LogP contribution in [-0.2, 0) is 17.8 Å². The molecule has 110 valence electrons. The summed E-state index contributed by atoms with van der Waals surface area (Å²) >= 11 is 5.70. The second kappa shape index (κ2) is 7.23. The van der Waals surface area contributed by atoms with Crippen molar-refractivity contribution in [3.63, 3.8) is 0 Å². The summed E-state index contributed by atoms with van der Waals surface area (Å²) in [5.74, 6) is 0.463. The Kier molecular flexibility index (Phi) is 5.34. The summed E-state index contributed by atoms with van der Waals surface area (Å²) in [6, 6.07) is 12.0. The number of rotatable bonds is 6. The largest absolute Gasteiger partial charge is 0.489 e. The number of ether oxygens (including phenoxy) is 1. The minimum absolute atomic E-state index is 0.149. The molecule has 2 rings (SSSR count). The number of halogens is 2. The highest BCUT2D eigenvalue weighted by Crippen LogP contribution is 2.18. The molecule has 0 saturated carbocycles. The lowest BCUT2D eigenvalue weighted by atomic mass is 10.1. The standard InChI is InChI=1S/C17H16ClFO2/c1-12(20)2-3-13-4-8-16(9-5-13)21-11-14-6-7-15(18)10-17(14)19/h4-10H,2-3,11H2,1H3. The molecule has 0 aromatic heterocycles. The molecule has 2 aromatic carbocycles. The van der Waals surface area contributed by atoms with Gasteiger partial charge in [-0.3, -0.25) is 0 Å². The second-order valence-corrected chi connectivity index (χ2v) is 5.31. The lowest BCUT2D eigenvalue weighted by Gasteiger charge is -2.08. The van der Waals surface area contributed by atoms with E-state index in [-0.39, 0.29) is 18.2 Å². The molecular formula is C17H16ClFO2. The highest BCUT2D eigenvalue weighted by Gasteiger charge is 2.04. The first-order valence-corrected chi connectivity index (χ1v) is 7.07. The van der Waals surface area contributed by atoms with Crippen molar-refractivity contribution in [2.75, 3.05) is 0 Å². The minimum Gasteiger partial charge on any atom is -0.489 e. The summed E-state index contributed by atoms with van der Waals surface area (Å²) in [5.41, 5.74) is 1.54. The van der Waals surface area contributed by atoms with Gasteiger partial charge in [0.05, 0.1) is 0 Å². The normalized spacial score (nSPS) is 10.4. The monoisotopic (exact) mass is 306 g/mol. The van der Waals surface area contributed by atoms with E-state index >= 15 is 0 Å². The number of hydrogen-bond donors (Lipinski definition) is 0. The Bertz CT molecular complexity index is 623. The summed E-state index contributed by atoms with van der Waals surface area (Å²) in [6.07, 6.45) is 1.26. The van der Waals surface area contributed by atoms with E-state index in [2.05, 4.69) is 0 Å². The molecule has 0 N–H and O–H groups in total. The summed E-state index contributed by atoms with van der Waals surface area (Å²) in [4.78, 5) is 10.9. The maximum Gasteiger partial charge on any atom is 0.131 e. The zero-order chi connectivity index (χ0) is 15.2. The number of aryl methyl sites for hydroxylation is 1. The smallest absolute Gasteiger partial charge is 0.131 e. The number of ketones is 1. The van der Waals surface area contributed by atoms with Crippen molar-refractivity contribution in [1.82, 2.24) is 0 Å². The molecule has 4 heteroatoms. The lowest BCUT2D eigenvalue weighted by molar-refractivity contribution is -0.116. The molecular weight excluding hydrogens is 291 g/mol. The maximum absolute atomic E-state index is 13.6. The van der Waals surface area contributed by atoms with E-state index in [0.29, 0.717) is 22.8 Å². The van der Waals surface area contributed by atoms with Crippen molar-refractivity contribution >= 4 is 17.4 Å². The van der Waals surface area contributed by atoms with E-state index in [1.807, 2.05) is 24.3 Å². The zero-order valence-corrected chi connectivity index (χ0v) is 12.5. The number of carbonyl (C=O) groups excluding carboxylic acids is 1. The first-order valence-electron chi connectivity index (χ1n) is 6.69. The van der Waals surface area contributed by atoms with E-state index in [9.17, 15) is 9.18 Å². The minimum atomic E-state index is -0.374. The number of carbonyl (C=O) groups is 1. The van der Waals surface area contributed by atoms with Crippen molar-refractivity contribution < 1.29 is 13.9 Å². The Morgan fingerprint density at radius 3 is 2.52 bits per heavy atom. The van der Waals surface area contributed by atoms with Gasteiger partial charge in [-0.05, 0) is 43.2 Å². The average Bonchev–Trinajstić information content (AvgIpc) is 2.45. The quantitative estimate of drug-likeness (QED) is 0.781. The van der Waals surface area contributed by atoms with Crippen molar-refractivity contribution in [3.05, 3.63) is 64.4 Å². The van der Waals surface area contributed by atoms with Crippen molar-refractivity contribution in [3.8, 4) is 5.75 Å². The molecule has 0 fully saturated rings. The molecule has 0 aliphatic carbocycles. The van der Waals surface area contributed by atoms with Crippen molar-refractivity contribution in [1.29, 1.82) is 0 Å². The molecule has 0 aliphatic heterocycles. The Balaban J connectivity index is 1.92. The molecule has 0 atom stereocenters. The molecule has 0 unspecified atom stereocenters. The van der Waals surface area contributed by atoms with Crippen LogP contribution in [0.15, 0.2) is 42.5 Å². The fourth-order valence-corrected chi connectivity index (χ4v) is 2.03. The molecule has 0 radical (unpaired) electrons. The predicted octanol–water partition coefficient (Wildman–Crippen LogP) is 4.58. The molecule has 0 saturated heterocycles. The maximum atomic E-state index is 13.6. The Labute approximate surface area is 128 Å². The second-order valence-electron chi connectivity index (χ2n) is 4.87. The van der Waals surface area contributed by atoms with Crippen LogP contribution in [0.5, 0.6) is 5.75 Å². The molecule has 0 heterocycles. The van der Waals surface area contributed by atoms with Crippen LogP contribution in [0.1, 0.15) is 24.5 Å². The molecule has 2 nitrogen and oxygen atoms in total. The predicted molar refractivity (Wildman–Crippen MR) is 81.2 cm³/mol. The van der Waals surface area contributed by atoms with Gasteiger partial charge in [0.15, 0.2) is 0 Å². The third-order valence-electron chi connectivity index (χ3n) is 3.10. The first kappa shape index (κ1) is 15.5. The van der Waals surface area contributed by atoms with Gasteiger partial charge in [-0.25, -0.2) is 4.39 Å². The fraction of sp³-hybridized carbons (Fsp3) is 0.235. The lowest BCUT2D eigenvalue weighted by Crippen LogP contribution is -1.99. The van der Waals surface area contributed by atoms with Crippen LogP contribution in [0.3, 0.4) is 0 Å². The van der Waals surface area contributed by atoms with Crippen LogP contribution in [-0.4, -0.2) is 5.78 Å². The number of benzene rings is 2. The van der Waals surface area contributed by atoms with Gasteiger partial charge in [-0.1, -0.05) is 29.8 Å². The van der Waals surface area contributed by atoms with Gasteiger partial charge < -0.3 is 9.53 Å². The van der Waals surface area contributed by atoms with Crippen LogP contribution in [0, 0.1) is 5.82 Å². The SMILES string of the molecule is CC(=O)CCc1ccc(OCc2ccc(Cl)cc2F)cc1. The van der Waals surface area contributed by atoms with Crippen molar-refractivity contribution in [2.45, 2.75) is 26.4 Å². The van der Waals surface area contributed by atoms with Gasteiger partial charge in [-0.2, -0.15) is 0 Å². The molecule has 0 bridgehead atoms. The van der Waals surface area contributed by atoms with E-state index < -0.39 is 0 Å². The van der Waals surface area contributed by atoms with Crippen LogP contribution in [0.2, 0.25) is 5.02 Å². The summed E-state index contributed by atoms with van der Waals surface area (Å²) < 4.78 is 19.1. The third kappa shape index (κ3) is 4.87. The van der Waals surface area contributed by atoms with E-state index in [4.69, 9.17) is 16.3 Å². The van der Waals surface area contributed by atoms with Gasteiger partial charge in [0, 0.05) is 17.0 Å². The zero-order valence-electron chi connectivity index (χ0n) is 11.7. The van der Waals surface area contributed by atoms with Gasteiger partial charge >= 0.3 is 0 Å². The molecule has 21 heavy (non-hydrogen) atoms. The highest BCUT2D eigenvalue weighted by molar-refractivity contribution is 6.30. The molecule has 0 amide bonds. The Morgan fingerprint density at radius 1 is 1.19 bits per heavy atom. The Morgan fingerprint density at radius 2 is 1.90 bits per heavy atom. The van der Waals surface area contributed by atoms with Gasteiger partial charge in [-0.15, -0.1) is 0 Å². The van der Waals surface area contributed by atoms with Crippen molar-refractivity contribution in [2.24, 2.45) is 0 Å². The summed E-state index contributed by atoms with van der Waals surface area (Å²) in [5, 5.41) is 0.367. The topological polar surface area (TPSA) is 26.3 Å². The fourth-order valence-electron chi connectivity index (χ4n) is 1.87. The summed E-state index contributed by atoms with van der Waals surface area (Å²) in [6.45, 7) is 1.73. The first-order chi connectivity index (χ1) is 10.0. The molecule has 0 aliphatic rings. The average molecular weight is 307 g/mol. The highest BCUT2D eigenvalue weighted by atomic mass is 35.5. The third-order valence-corrected chi connectivity index (χ3v) is 3.33. The molecule has 0 spiro atoms. The van der Waals surface area contributed by atoms with Crippen LogP contribution < -0.4 is 4.74 Å². The van der Waals surface area contributed by atoms with Gasteiger partial charge in [0.1, 0.15) is 24.0 Å². The van der Waals surface area contributed by atoms with Crippen LogP contribution in [0.4, 0.5) is 4.39 Å². The number of Topliss-reactive ketones (excluding diaryl/α,β-unsaturated/α-hetero) is 1.